The van der Waals surface area contributed by atoms with E-state index >= 15 is 0 Å². The van der Waals surface area contributed by atoms with E-state index in [1.165, 1.54) is 0 Å². The summed E-state index contributed by atoms with van der Waals surface area (Å²) in [6, 6.07) is 14.2. The number of benzene rings is 2. The van der Waals surface area contributed by atoms with Crippen LogP contribution < -0.4 is 10.6 Å². The number of carbonyl (C=O) groups is 2. The monoisotopic (exact) mass is 497 g/mol. The molecule has 1 unspecified atom stereocenters. The first-order valence-corrected chi connectivity index (χ1v) is 12.1. The predicted octanol–water partition coefficient (Wildman–Crippen LogP) is 4.74. The van der Waals surface area contributed by atoms with Crippen LogP contribution in [0.2, 0.25) is 0 Å². The summed E-state index contributed by atoms with van der Waals surface area (Å²) in [7, 11) is 0. The number of hydrogen-bond donors (Lipinski definition) is 4. The number of rotatable bonds is 9. The number of nitrogens with zero attached hydrogens (tertiary/aromatic N) is 2. The lowest BCUT2D eigenvalue weighted by atomic mass is 9.98. The zero-order valence-corrected chi connectivity index (χ0v) is 21.4. The number of amides is 1. The molecule has 2 aromatic heterocycles. The molecule has 0 bridgehead atoms. The second-order valence-electron chi connectivity index (χ2n) is 9.34. The lowest BCUT2D eigenvalue weighted by molar-refractivity contribution is -0.139. The molecule has 8 heteroatoms. The van der Waals surface area contributed by atoms with Gasteiger partial charge in [-0.05, 0) is 62.1 Å². The molecule has 0 aliphatic rings. The Labute approximate surface area is 216 Å². The Hall–Kier alpha value is -4.46. The van der Waals surface area contributed by atoms with Crippen molar-refractivity contribution < 1.29 is 14.7 Å². The Morgan fingerprint density at radius 2 is 1.68 bits per heavy atom. The number of carbonyl (C=O) groups excluding carboxylic acids is 1. The third-order valence-electron chi connectivity index (χ3n) is 6.18. The van der Waals surface area contributed by atoms with Crippen molar-refractivity contribution in [3.05, 3.63) is 100 Å². The highest BCUT2D eigenvalue weighted by molar-refractivity contribution is 5.99. The van der Waals surface area contributed by atoms with E-state index in [1.54, 1.807) is 6.20 Å². The largest absolute Gasteiger partial charge is 0.480 e. The minimum Gasteiger partial charge on any atom is -0.480 e. The normalized spacial score (nSPS) is 11.7. The molecular formula is C29H31N5O3. The average molecular weight is 498 g/mol. The summed E-state index contributed by atoms with van der Waals surface area (Å²) in [6.07, 6.45) is 3.77. The topological polar surface area (TPSA) is 120 Å². The molecule has 0 saturated heterocycles. The number of pyridine rings is 1. The molecule has 0 spiro atoms. The molecule has 0 aliphatic heterocycles. The van der Waals surface area contributed by atoms with Crippen molar-refractivity contribution in [1.82, 2.24) is 20.3 Å². The molecule has 8 nitrogen and oxygen atoms in total. The summed E-state index contributed by atoms with van der Waals surface area (Å²) in [5, 5.41) is 15.7. The first-order chi connectivity index (χ1) is 17.7. The number of H-pyrrole nitrogens is 1. The molecule has 2 heterocycles. The van der Waals surface area contributed by atoms with E-state index in [0.717, 1.165) is 50.7 Å². The molecule has 0 aliphatic carbocycles. The number of aliphatic carboxylic acids is 1. The molecule has 4 rings (SSSR count). The van der Waals surface area contributed by atoms with Gasteiger partial charge in [0, 0.05) is 29.9 Å². The van der Waals surface area contributed by atoms with Gasteiger partial charge in [-0.25, -0.2) is 14.8 Å². The number of carboxylic acid groups (broad SMARTS) is 1. The Morgan fingerprint density at radius 1 is 0.973 bits per heavy atom. The van der Waals surface area contributed by atoms with Crippen molar-refractivity contribution in [2.45, 2.75) is 46.7 Å². The van der Waals surface area contributed by atoms with E-state index in [4.69, 9.17) is 0 Å². The van der Waals surface area contributed by atoms with Gasteiger partial charge < -0.3 is 20.7 Å². The Kier molecular flexibility index (Phi) is 7.67. The van der Waals surface area contributed by atoms with Gasteiger partial charge in [0.1, 0.15) is 17.7 Å². The summed E-state index contributed by atoms with van der Waals surface area (Å²) in [6.45, 7) is 8.21. The molecule has 190 valence electrons. The quantitative estimate of drug-likeness (QED) is 0.265. The number of aryl methyl sites for hydroxylation is 4. The van der Waals surface area contributed by atoms with E-state index in [0.29, 0.717) is 12.1 Å². The van der Waals surface area contributed by atoms with Crippen molar-refractivity contribution in [3.8, 4) is 11.3 Å². The summed E-state index contributed by atoms with van der Waals surface area (Å²) in [4.78, 5) is 36.9. The fourth-order valence-electron chi connectivity index (χ4n) is 4.42. The maximum Gasteiger partial charge on any atom is 0.326 e. The van der Waals surface area contributed by atoms with E-state index < -0.39 is 12.0 Å². The number of aromatic nitrogens is 3. The van der Waals surface area contributed by atoms with Crippen molar-refractivity contribution >= 4 is 17.7 Å². The first-order valence-electron chi connectivity index (χ1n) is 12.1. The van der Waals surface area contributed by atoms with E-state index in [2.05, 4.69) is 25.6 Å². The summed E-state index contributed by atoms with van der Waals surface area (Å²) in [5.74, 6) is 0.109. The summed E-state index contributed by atoms with van der Waals surface area (Å²) >= 11 is 0. The SMILES string of the molecule is Cc1ccnc(NCc2nc(-c3ccc(CC(NC(=O)c4c(C)cc(C)cc4C)C(=O)O)cc3)c[nH]2)c1. The molecule has 2 aromatic carbocycles. The molecule has 4 N–H and O–H groups in total. The van der Waals surface area contributed by atoms with Gasteiger partial charge >= 0.3 is 5.97 Å². The highest BCUT2D eigenvalue weighted by atomic mass is 16.4. The lowest BCUT2D eigenvalue weighted by Crippen LogP contribution is -2.42. The molecule has 0 saturated carbocycles. The summed E-state index contributed by atoms with van der Waals surface area (Å²) < 4.78 is 0. The van der Waals surface area contributed by atoms with Gasteiger partial charge in [0.2, 0.25) is 0 Å². The maximum atomic E-state index is 12.9. The zero-order chi connectivity index (χ0) is 26.5. The molecule has 0 radical (unpaired) electrons. The number of carboxylic acids is 1. The average Bonchev–Trinajstić information content (AvgIpc) is 3.31. The van der Waals surface area contributed by atoms with E-state index in [1.807, 2.05) is 82.4 Å². The Bertz CT molecular complexity index is 1400. The maximum absolute atomic E-state index is 12.9. The minimum absolute atomic E-state index is 0.171. The van der Waals surface area contributed by atoms with Crippen LogP contribution in [0.3, 0.4) is 0 Å². The van der Waals surface area contributed by atoms with Crippen LogP contribution in [-0.4, -0.2) is 38.0 Å². The van der Waals surface area contributed by atoms with Gasteiger partial charge in [-0.1, -0.05) is 42.0 Å². The summed E-state index contributed by atoms with van der Waals surface area (Å²) in [5.41, 5.74) is 6.86. The lowest BCUT2D eigenvalue weighted by Gasteiger charge is -2.17. The number of nitrogens with one attached hydrogen (secondary N) is 3. The fourth-order valence-corrected chi connectivity index (χ4v) is 4.42. The first kappa shape index (κ1) is 25.6. The van der Waals surface area contributed by atoms with Crippen LogP contribution in [-0.2, 0) is 17.8 Å². The number of aromatic amines is 1. The van der Waals surface area contributed by atoms with Crippen LogP contribution in [0.4, 0.5) is 5.82 Å². The van der Waals surface area contributed by atoms with Gasteiger partial charge in [-0.15, -0.1) is 0 Å². The van der Waals surface area contributed by atoms with Gasteiger partial charge in [-0.3, -0.25) is 4.79 Å². The van der Waals surface area contributed by atoms with E-state index in [-0.39, 0.29) is 12.3 Å². The van der Waals surface area contributed by atoms with Crippen molar-refractivity contribution in [1.29, 1.82) is 0 Å². The molecule has 0 fully saturated rings. The molecular weight excluding hydrogens is 466 g/mol. The minimum atomic E-state index is -1.08. The Balaban J connectivity index is 1.40. The van der Waals surface area contributed by atoms with Gasteiger partial charge in [0.25, 0.3) is 5.91 Å². The van der Waals surface area contributed by atoms with Crippen LogP contribution in [0.1, 0.15) is 44.0 Å². The number of imidazole rings is 1. The molecule has 4 aromatic rings. The zero-order valence-electron chi connectivity index (χ0n) is 21.4. The molecule has 1 atom stereocenters. The van der Waals surface area contributed by atoms with Crippen LogP contribution in [0.5, 0.6) is 0 Å². The molecule has 37 heavy (non-hydrogen) atoms. The van der Waals surface area contributed by atoms with Crippen molar-refractivity contribution in [3.63, 3.8) is 0 Å². The fraction of sp³-hybridized carbons (Fsp3) is 0.241. The van der Waals surface area contributed by atoms with Crippen LogP contribution in [0.15, 0.2) is 60.9 Å². The van der Waals surface area contributed by atoms with Crippen LogP contribution in [0.25, 0.3) is 11.3 Å². The van der Waals surface area contributed by atoms with Crippen LogP contribution in [0, 0.1) is 27.7 Å². The number of hydrogen-bond acceptors (Lipinski definition) is 5. The predicted molar refractivity (Wildman–Crippen MR) is 144 cm³/mol. The van der Waals surface area contributed by atoms with Gasteiger partial charge in [0.05, 0.1) is 12.2 Å². The highest BCUT2D eigenvalue weighted by Gasteiger charge is 2.23. The molecule has 1 amide bonds. The standard InChI is InChI=1S/C29H31N5O3/c1-17-9-10-30-25(13-17)32-16-26-31-15-24(33-26)22-7-5-21(6-8-22)14-23(29(36)37)34-28(35)27-19(3)11-18(2)12-20(27)4/h5-13,15,23H,14,16H2,1-4H3,(H,30,32)(H,31,33)(H,34,35)(H,36,37). The van der Waals surface area contributed by atoms with Crippen molar-refractivity contribution in [2.24, 2.45) is 0 Å². The van der Waals surface area contributed by atoms with Crippen LogP contribution >= 0.6 is 0 Å². The third kappa shape index (κ3) is 6.41. The van der Waals surface area contributed by atoms with E-state index in [9.17, 15) is 14.7 Å². The second kappa shape index (κ2) is 11.1. The second-order valence-corrected chi connectivity index (χ2v) is 9.34. The smallest absolute Gasteiger partial charge is 0.326 e. The van der Waals surface area contributed by atoms with Gasteiger partial charge in [0.15, 0.2) is 0 Å². The highest BCUT2D eigenvalue weighted by Crippen LogP contribution is 2.20. The Morgan fingerprint density at radius 3 is 2.32 bits per heavy atom. The van der Waals surface area contributed by atoms with Crippen molar-refractivity contribution in [2.75, 3.05) is 5.32 Å². The third-order valence-corrected chi connectivity index (χ3v) is 6.18. The van der Waals surface area contributed by atoms with Gasteiger partial charge in [-0.2, -0.15) is 0 Å². The number of anilines is 1.